The molecule has 94 valence electrons. The predicted octanol–water partition coefficient (Wildman–Crippen LogP) is 2.51. The van der Waals surface area contributed by atoms with Gasteiger partial charge < -0.3 is 11.5 Å². The maximum Gasteiger partial charge on any atom is 0.222 e. The van der Waals surface area contributed by atoms with Gasteiger partial charge in [0.2, 0.25) is 5.95 Å². The molecule has 0 bridgehead atoms. The summed E-state index contributed by atoms with van der Waals surface area (Å²) in [6.45, 7) is 4.28. The topological polar surface area (TPSA) is 77.8 Å². The van der Waals surface area contributed by atoms with E-state index in [0.29, 0.717) is 11.7 Å². The summed E-state index contributed by atoms with van der Waals surface area (Å²) in [4.78, 5) is 8.40. The molecule has 1 heterocycles. The van der Waals surface area contributed by atoms with Crippen molar-refractivity contribution in [2.75, 3.05) is 11.5 Å². The van der Waals surface area contributed by atoms with E-state index in [1.54, 1.807) is 0 Å². The molecule has 0 aliphatic carbocycles. The van der Waals surface area contributed by atoms with Gasteiger partial charge in [-0.1, -0.05) is 44.2 Å². The maximum absolute atomic E-state index is 6.00. The third-order valence-electron chi connectivity index (χ3n) is 2.69. The number of anilines is 2. The van der Waals surface area contributed by atoms with Gasteiger partial charge in [-0.05, 0) is 17.9 Å². The monoisotopic (exact) mass is 242 g/mol. The highest BCUT2D eigenvalue weighted by Crippen LogP contribution is 2.29. The Morgan fingerprint density at radius 2 is 1.72 bits per heavy atom. The summed E-state index contributed by atoms with van der Waals surface area (Å²) in [5.41, 5.74) is 14.5. The maximum atomic E-state index is 6.00. The molecule has 0 amide bonds. The van der Waals surface area contributed by atoms with E-state index in [4.69, 9.17) is 11.5 Å². The third-order valence-corrected chi connectivity index (χ3v) is 2.69. The second-order valence-corrected chi connectivity index (χ2v) is 4.75. The Kier molecular flexibility index (Phi) is 3.46. The summed E-state index contributed by atoms with van der Waals surface area (Å²) in [6.07, 6.45) is 0.834. The van der Waals surface area contributed by atoms with E-state index in [1.807, 2.05) is 30.3 Å². The Morgan fingerprint density at radius 1 is 1.06 bits per heavy atom. The van der Waals surface area contributed by atoms with Crippen LogP contribution in [0.15, 0.2) is 30.3 Å². The first-order valence-electron chi connectivity index (χ1n) is 6.05. The molecule has 0 fully saturated rings. The molecular formula is C14H18N4. The van der Waals surface area contributed by atoms with Crippen LogP contribution in [0.3, 0.4) is 0 Å². The van der Waals surface area contributed by atoms with Gasteiger partial charge in [0.05, 0.1) is 5.69 Å². The van der Waals surface area contributed by atoms with E-state index in [1.165, 1.54) is 0 Å². The van der Waals surface area contributed by atoms with Gasteiger partial charge >= 0.3 is 0 Å². The molecule has 18 heavy (non-hydrogen) atoms. The molecule has 0 aliphatic heterocycles. The number of hydrogen-bond acceptors (Lipinski definition) is 4. The van der Waals surface area contributed by atoms with E-state index in [9.17, 15) is 0 Å². The fourth-order valence-corrected chi connectivity index (χ4v) is 2.00. The Bertz CT molecular complexity index is 535. The summed E-state index contributed by atoms with van der Waals surface area (Å²) in [5, 5.41) is 0. The van der Waals surface area contributed by atoms with Crippen LogP contribution in [0.1, 0.15) is 19.5 Å². The summed E-state index contributed by atoms with van der Waals surface area (Å²) < 4.78 is 0. The number of hydrogen-bond donors (Lipinski definition) is 2. The van der Waals surface area contributed by atoms with Gasteiger partial charge in [0.25, 0.3) is 0 Å². The SMILES string of the molecule is CC(C)Cc1nc(N)nc(N)c1-c1ccccc1. The molecule has 4 nitrogen and oxygen atoms in total. The van der Waals surface area contributed by atoms with Gasteiger partial charge in [0, 0.05) is 5.56 Å². The van der Waals surface area contributed by atoms with Crippen molar-refractivity contribution >= 4 is 11.8 Å². The number of aromatic nitrogens is 2. The standard InChI is InChI=1S/C14H18N4/c1-9(2)8-11-12(10-6-4-3-5-7-10)13(15)18-14(16)17-11/h3-7,9H,8H2,1-2H3,(H4,15,16,17,18). The van der Waals surface area contributed by atoms with Crippen molar-refractivity contribution in [1.29, 1.82) is 0 Å². The molecule has 0 unspecified atom stereocenters. The third kappa shape index (κ3) is 2.59. The smallest absolute Gasteiger partial charge is 0.222 e. The number of benzene rings is 1. The molecule has 4 N–H and O–H groups in total. The van der Waals surface area contributed by atoms with Crippen molar-refractivity contribution in [2.45, 2.75) is 20.3 Å². The van der Waals surface area contributed by atoms with Gasteiger partial charge in [-0.15, -0.1) is 0 Å². The van der Waals surface area contributed by atoms with Crippen LogP contribution in [0.4, 0.5) is 11.8 Å². The Labute approximate surface area is 107 Å². The predicted molar refractivity (Wildman–Crippen MR) is 74.8 cm³/mol. The fraction of sp³-hybridized carbons (Fsp3) is 0.286. The molecule has 2 rings (SSSR count). The van der Waals surface area contributed by atoms with Crippen molar-refractivity contribution in [2.24, 2.45) is 5.92 Å². The zero-order valence-corrected chi connectivity index (χ0v) is 10.7. The highest BCUT2D eigenvalue weighted by atomic mass is 15.0. The minimum atomic E-state index is 0.239. The van der Waals surface area contributed by atoms with Gasteiger partial charge in [-0.3, -0.25) is 0 Å². The van der Waals surface area contributed by atoms with E-state index < -0.39 is 0 Å². The Hall–Kier alpha value is -2.10. The van der Waals surface area contributed by atoms with Crippen LogP contribution >= 0.6 is 0 Å². The highest BCUT2D eigenvalue weighted by Gasteiger charge is 2.14. The van der Waals surface area contributed by atoms with Crippen molar-refractivity contribution in [3.05, 3.63) is 36.0 Å². The molecule has 0 radical (unpaired) electrons. The molecule has 2 aromatic rings. The van der Waals surface area contributed by atoms with Crippen LogP contribution in [-0.2, 0) is 6.42 Å². The Balaban J connectivity index is 2.57. The van der Waals surface area contributed by atoms with Gasteiger partial charge in [0.15, 0.2) is 0 Å². The van der Waals surface area contributed by atoms with Crippen LogP contribution in [0.25, 0.3) is 11.1 Å². The summed E-state index contributed by atoms with van der Waals surface area (Å²) in [6, 6.07) is 9.94. The zero-order chi connectivity index (χ0) is 13.1. The van der Waals surface area contributed by atoms with E-state index >= 15 is 0 Å². The van der Waals surface area contributed by atoms with Gasteiger partial charge in [-0.2, -0.15) is 4.98 Å². The van der Waals surface area contributed by atoms with Crippen LogP contribution in [0.2, 0.25) is 0 Å². The summed E-state index contributed by atoms with van der Waals surface area (Å²) >= 11 is 0. The summed E-state index contributed by atoms with van der Waals surface area (Å²) in [7, 11) is 0. The molecule has 0 saturated heterocycles. The average Bonchev–Trinajstić information content (AvgIpc) is 2.28. The van der Waals surface area contributed by atoms with E-state index in [0.717, 1.165) is 23.2 Å². The minimum absolute atomic E-state index is 0.239. The highest BCUT2D eigenvalue weighted by molar-refractivity contribution is 5.76. The van der Waals surface area contributed by atoms with Crippen molar-refractivity contribution in [3.8, 4) is 11.1 Å². The lowest BCUT2D eigenvalue weighted by Crippen LogP contribution is -2.08. The first-order valence-corrected chi connectivity index (χ1v) is 6.05. The molecule has 0 atom stereocenters. The number of nitrogens with two attached hydrogens (primary N) is 2. The molecule has 1 aromatic heterocycles. The molecule has 1 aromatic carbocycles. The second kappa shape index (κ2) is 5.04. The largest absolute Gasteiger partial charge is 0.383 e. The van der Waals surface area contributed by atoms with Crippen molar-refractivity contribution in [1.82, 2.24) is 9.97 Å². The van der Waals surface area contributed by atoms with Gasteiger partial charge in [0.1, 0.15) is 5.82 Å². The van der Waals surface area contributed by atoms with Crippen molar-refractivity contribution < 1.29 is 0 Å². The first kappa shape index (κ1) is 12.4. The fourth-order valence-electron chi connectivity index (χ4n) is 2.00. The molecular weight excluding hydrogens is 224 g/mol. The molecule has 0 saturated carbocycles. The first-order chi connectivity index (χ1) is 8.58. The van der Waals surface area contributed by atoms with Crippen molar-refractivity contribution in [3.63, 3.8) is 0 Å². The average molecular weight is 242 g/mol. The van der Waals surface area contributed by atoms with E-state index in [-0.39, 0.29) is 5.95 Å². The second-order valence-electron chi connectivity index (χ2n) is 4.75. The molecule has 4 heteroatoms. The van der Waals surface area contributed by atoms with Crippen LogP contribution < -0.4 is 11.5 Å². The van der Waals surface area contributed by atoms with Gasteiger partial charge in [-0.25, -0.2) is 4.98 Å². The minimum Gasteiger partial charge on any atom is -0.383 e. The quantitative estimate of drug-likeness (QED) is 0.866. The lowest BCUT2D eigenvalue weighted by Gasteiger charge is -2.13. The van der Waals surface area contributed by atoms with E-state index in [2.05, 4.69) is 23.8 Å². The van der Waals surface area contributed by atoms with Crippen LogP contribution in [0.5, 0.6) is 0 Å². The van der Waals surface area contributed by atoms with Crippen LogP contribution in [-0.4, -0.2) is 9.97 Å². The summed E-state index contributed by atoms with van der Waals surface area (Å²) in [5.74, 6) is 1.17. The Morgan fingerprint density at radius 3 is 2.33 bits per heavy atom. The lowest BCUT2D eigenvalue weighted by molar-refractivity contribution is 0.636. The van der Waals surface area contributed by atoms with Crippen LogP contribution in [0, 0.1) is 5.92 Å². The number of rotatable bonds is 3. The lowest BCUT2D eigenvalue weighted by atomic mass is 9.98. The molecule has 0 aliphatic rings. The zero-order valence-electron chi connectivity index (χ0n) is 10.7. The molecule has 0 spiro atoms. The normalized spacial score (nSPS) is 10.8. The number of nitrogens with zero attached hydrogens (tertiary/aromatic N) is 2. The number of nitrogen functional groups attached to an aromatic ring is 2.